The minimum absolute atomic E-state index is 0.0254. The zero-order chi connectivity index (χ0) is 21.3. The summed E-state index contributed by atoms with van der Waals surface area (Å²) in [5.41, 5.74) is 1.35. The van der Waals surface area contributed by atoms with E-state index < -0.39 is 10.9 Å². The molecule has 0 saturated heterocycles. The van der Waals surface area contributed by atoms with E-state index in [1.807, 2.05) is 17.5 Å². The largest absolute Gasteiger partial charge is 0.494 e. The van der Waals surface area contributed by atoms with Crippen molar-refractivity contribution in [3.8, 4) is 5.75 Å². The fourth-order valence-corrected chi connectivity index (χ4v) is 3.28. The Morgan fingerprint density at radius 2 is 1.77 bits per heavy atom. The first-order chi connectivity index (χ1) is 14.6. The van der Waals surface area contributed by atoms with Gasteiger partial charge < -0.3 is 9.57 Å². The van der Waals surface area contributed by atoms with Crippen LogP contribution in [0.4, 0.5) is 5.69 Å². The second kappa shape index (κ2) is 10.3. The normalized spacial score (nSPS) is 11.2. The molecule has 0 radical (unpaired) electrons. The van der Waals surface area contributed by atoms with Crippen LogP contribution in [0.2, 0.25) is 0 Å². The van der Waals surface area contributed by atoms with Crippen LogP contribution in [0.5, 0.6) is 5.75 Å². The molecule has 0 unspecified atom stereocenters. The van der Waals surface area contributed by atoms with Crippen LogP contribution in [0.15, 0.2) is 71.2 Å². The van der Waals surface area contributed by atoms with Gasteiger partial charge in [0.15, 0.2) is 0 Å². The molecule has 0 spiro atoms. The SMILES string of the molecule is CCCCOc1ccc(C(=O)O/N=C(\c2ccc([N+](=O)[O-])cc2)c2cccs2)cc1. The average molecular weight is 424 g/mol. The van der Waals surface area contributed by atoms with Crippen LogP contribution in [-0.2, 0) is 4.84 Å². The number of carbonyl (C=O) groups is 1. The topological polar surface area (TPSA) is 91.0 Å². The number of ether oxygens (including phenoxy) is 1. The van der Waals surface area contributed by atoms with Crippen LogP contribution < -0.4 is 4.74 Å². The molecule has 154 valence electrons. The fourth-order valence-electron chi connectivity index (χ4n) is 2.56. The lowest BCUT2D eigenvalue weighted by molar-refractivity contribution is -0.384. The molecule has 2 aromatic carbocycles. The zero-order valence-electron chi connectivity index (χ0n) is 16.3. The Balaban J connectivity index is 1.75. The van der Waals surface area contributed by atoms with Crippen molar-refractivity contribution in [3.63, 3.8) is 0 Å². The zero-order valence-corrected chi connectivity index (χ0v) is 17.1. The van der Waals surface area contributed by atoms with E-state index in [1.165, 1.54) is 23.5 Å². The van der Waals surface area contributed by atoms with Gasteiger partial charge in [0.25, 0.3) is 5.69 Å². The molecule has 0 saturated carbocycles. The molecule has 3 rings (SSSR count). The highest BCUT2D eigenvalue weighted by atomic mass is 32.1. The quantitative estimate of drug-likeness (QED) is 0.150. The van der Waals surface area contributed by atoms with Gasteiger partial charge in [-0.2, -0.15) is 0 Å². The van der Waals surface area contributed by atoms with Crippen molar-refractivity contribution < 1.29 is 19.3 Å². The number of non-ortho nitro benzene ring substituents is 1. The molecule has 0 N–H and O–H groups in total. The van der Waals surface area contributed by atoms with Crippen molar-refractivity contribution >= 4 is 28.7 Å². The predicted molar refractivity (Wildman–Crippen MR) is 115 cm³/mol. The maximum absolute atomic E-state index is 12.4. The Morgan fingerprint density at radius 1 is 1.07 bits per heavy atom. The molecule has 0 aliphatic rings. The number of unbranched alkanes of at least 4 members (excludes halogenated alkanes) is 1. The third-order valence-corrected chi connectivity index (χ3v) is 5.06. The number of hydrogen-bond acceptors (Lipinski definition) is 7. The summed E-state index contributed by atoms with van der Waals surface area (Å²) in [4.78, 5) is 28.8. The summed E-state index contributed by atoms with van der Waals surface area (Å²) in [5.74, 6) is 0.0831. The fraction of sp³-hybridized carbons (Fsp3) is 0.182. The molecule has 0 amide bonds. The van der Waals surface area contributed by atoms with Crippen LogP contribution >= 0.6 is 11.3 Å². The molecule has 0 atom stereocenters. The Morgan fingerprint density at radius 3 is 2.37 bits per heavy atom. The lowest BCUT2D eigenvalue weighted by Crippen LogP contribution is -2.07. The number of rotatable bonds is 9. The summed E-state index contributed by atoms with van der Waals surface area (Å²) >= 11 is 1.42. The minimum atomic E-state index is -0.605. The monoisotopic (exact) mass is 424 g/mol. The Bertz CT molecular complexity index is 1010. The highest BCUT2D eigenvalue weighted by Crippen LogP contribution is 2.20. The molecule has 0 bridgehead atoms. The molecule has 1 aromatic heterocycles. The second-order valence-electron chi connectivity index (χ2n) is 6.33. The lowest BCUT2D eigenvalue weighted by Gasteiger charge is -2.06. The third kappa shape index (κ3) is 5.51. The summed E-state index contributed by atoms with van der Waals surface area (Å²) in [6.45, 7) is 2.72. The van der Waals surface area contributed by atoms with Crippen molar-refractivity contribution in [1.29, 1.82) is 0 Å². The van der Waals surface area contributed by atoms with Gasteiger partial charge in [0, 0.05) is 17.7 Å². The molecule has 0 fully saturated rings. The molecular weight excluding hydrogens is 404 g/mol. The van der Waals surface area contributed by atoms with E-state index in [4.69, 9.17) is 9.57 Å². The number of hydrogen-bond donors (Lipinski definition) is 0. The van der Waals surface area contributed by atoms with Crippen molar-refractivity contribution in [1.82, 2.24) is 0 Å². The van der Waals surface area contributed by atoms with Gasteiger partial charge >= 0.3 is 5.97 Å². The third-order valence-electron chi connectivity index (χ3n) is 4.18. The molecule has 8 heteroatoms. The Labute approximate surface area is 177 Å². The van der Waals surface area contributed by atoms with Gasteiger partial charge in [-0.15, -0.1) is 11.3 Å². The van der Waals surface area contributed by atoms with Crippen molar-refractivity contribution in [2.24, 2.45) is 5.16 Å². The first kappa shape index (κ1) is 21.2. The van der Waals surface area contributed by atoms with Crippen LogP contribution in [0, 0.1) is 10.1 Å². The van der Waals surface area contributed by atoms with Crippen molar-refractivity contribution in [2.45, 2.75) is 19.8 Å². The maximum Gasteiger partial charge on any atom is 0.365 e. The smallest absolute Gasteiger partial charge is 0.365 e. The molecule has 7 nitrogen and oxygen atoms in total. The number of nitro benzene ring substituents is 1. The summed E-state index contributed by atoms with van der Waals surface area (Å²) in [6.07, 6.45) is 2.01. The van der Waals surface area contributed by atoms with Crippen LogP contribution in [0.1, 0.15) is 40.6 Å². The van der Waals surface area contributed by atoms with Gasteiger partial charge in [-0.05, 0) is 54.3 Å². The van der Waals surface area contributed by atoms with Gasteiger partial charge in [0.1, 0.15) is 11.5 Å². The van der Waals surface area contributed by atoms with E-state index in [1.54, 1.807) is 36.4 Å². The van der Waals surface area contributed by atoms with Crippen molar-refractivity contribution in [2.75, 3.05) is 6.61 Å². The second-order valence-corrected chi connectivity index (χ2v) is 7.27. The Kier molecular flexibility index (Phi) is 7.29. The number of benzene rings is 2. The van der Waals surface area contributed by atoms with Crippen molar-refractivity contribution in [3.05, 3.63) is 92.2 Å². The van der Waals surface area contributed by atoms with Gasteiger partial charge in [0.05, 0.1) is 22.0 Å². The average Bonchev–Trinajstić information content (AvgIpc) is 3.29. The minimum Gasteiger partial charge on any atom is -0.494 e. The summed E-state index contributed by atoms with van der Waals surface area (Å²) < 4.78 is 5.59. The van der Waals surface area contributed by atoms with E-state index in [0.717, 1.165) is 17.7 Å². The summed E-state index contributed by atoms with van der Waals surface area (Å²) in [5, 5.41) is 16.8. The number of nitrogens with zero attached hydrogens (tertiary/aromatic N) is 2. The van der Waals surface area contributed by atoms with Crippen LogP contribution in [0.25, 0.3) is 0 Å². The summed E-state index contributed by atoms with van der Waals surface area (Å²) in [7, 11) is 0. The maximum atomic E-state index is 12.4. The number of carbonyl (C=O) groups excluding carboxylic acids is 1. The van der Waals surface area contributed by atoms with Gasteiger partial charge in [0.2, 0.25) is 0 Å². The summed E-state index contributed by atoms with van der Waals surface area (Å²) in [6, 6.07) is 16.3. The number of oxime groups is 1. The van der Waals surface area contributed by atoms with E-state index in [-0.39, 0.29) is 5.69 Å². The van der Waals surface area contributed by atoms with E-state index in [0.29, 0.717) is 29.2 Å². The Hall–Kier alpha value is -3.52. The van der Waals surface area contributed by atoms with E-state index >= 15 is 0 Å². The molecule has 3 aromatic rings. The van der Waals surface area contributed by atoms with Gasteiger partial charge in [-0.25, -0.2) is 4.79 Å². The highest BCUT2D eigenvalue weighted by molar-refractivity contribution is 7.12. The number of thiophene rings is 1. The molecular formula is C22H20N2O5S. The lowest BCUT2D eigenvalue weighted by atomic mass is 10.1. The first-order valence-electron chi connectivity index (χ1n) is 9.39. The molecule has 0 aliphatic heterocycles. The molecule has 1 heterocycles. The first-order valence-corrected chi connectivity index (χ1v) is 10.3. The van der Waals surface area contributed by atoms with Crippen LogP contribution in [-0.4, -0.2) is 23.2 Å². The molecule has 30 heavy (non-hydrogen) atoms. The van der Waals surface area contributed by atoms with Gasteiger partial charge in [-0.3, -0.25) is 10.1 Å². The van der Waals surface area contributed by atoms with Crippen LogP contribution in [0.3, 0.4) is 0 Å². The van der Waals surface area contributed by atoms with E-state index in [9.17, 15) is 14.9 Å². The predicted octanol–water partition coefficient (Wildman–Crippen LogP) is 5.44. The number of nitro groups is 1. The molecule has 0 aliphatic carbocycles. The van der Waals surface area contributed by atoms with Gasteiger partial charge in [-0.1, -0.05) is 24.6 Å². The standard InChI is InChI=1S/C22H20N2O5S/c1-2-3-14-28-19-12-8-17(9-13-19)22(25)29-23-21(20-5-4-15-30-20)16-6-10-18(11-7-16)24(26)27/h4-13,15H,2-3,14H2,1H3/b23-21+. The highest BCUT2D eigenvalue weighted by Gasteiger charge is 2.14. The van der Waals surface area contributed by atoms with E-state index in [2.05, 4.69) is 12.1 Å².